The van der Waals surface area contributed by atoms with Crippen molar-refractivity contribution >= 4 is 62.8 Å². The third-order valence-corrected chi connectivity index (χ3v) is 5.37. The average molecular weight is 430 g/mol. The minimum Gasteiger partial charge on any atom is -0.297 e. The van der Waals surface area contributed by atoms with Gasteiger partial charge in [-0.1, -0.05) is 0 Å². The van der Waals surface area contributed by atoms with Crippen molar-refractivity contribution in [2.75, 3.05) is 0 Å². The Bertz CT molecular complexity index is 477. The highest BCUT2D eigenvalue weighted by Crippen LogP contribution is 2.22. The van der Waals surface area contributed by atoms with E-state index in [1.807, 2.05) is 16.0 Å². The summed E-state index contributed by atoms with van der Waals surface area (Å²) in [4.78, 5) is 15.4. The van der Waals surface area contributed by atoms with Gasteiger partial charge in [0.05, 0.1) is 10.6 Å². The molecule has 0 aliphatic carbocycles. The lowest BCUT2D eigenvalue weighted by atomic mass is 10.4. The lowest BCUT2D eigenvalue weighted by Crippen LogP contribution is -1.92. The topological polar surface area (TPSA) is 34.9 Å². The predicted octanol–water partition coefficient (Wildman–Crippen LogP) is 2.96. The monoisotopic (exact) mass is 430 g/mol. The molecule has 0 spiro atoms. The van der Waals surface area contributed by atoms with Crippen LogP contribution < -0.4 is 0 Å². The van der Waals surface area contributed by atoms with Gasteiger partial charge in [0.1, 0.15) is 13.7 Å². The normalized spacial score (nSPS) is 10.4. The molecule has 0 amide bonds. The fraction of sp³-hybridized carbons (Fsp3) is 0. The second-order valence-corrected chi connectivity index (χ2v) is 5.51. The lowest BCUT2D eigenvalue weighted by molar-refractivity contribution is 0.112. The molecule has 14 heavy (non-hydrogen) atoms. The van der Waals surface area contributed by atoms with Crippen LogP contribution in [0.1, 0.15) is 9.67 Å². The Morgan fingerprint density at radius 3 is 2.79 bits per heavy atom. The van der Waals surface area contributed by atoms with Crippen LogP contribution in [-0.4, -0.2) is 15.8 Å². The van der Waals surface area contributed by atoms with Crippen LogP contribution in [0.2, 0.25) is 0 Å². The van der Waals surface area contributed by atoms with E-state index in [0.717, 1.165) is 24.3 Å². The van der Waals surface area contributed by atoms with Gasteiger partial charge in [-0.2, -0.15) is 0 Å². The molecule has 72 valence electrons. The molecule has 0 N–H and O–H groups in total. The van der Waals surface area contributed by atoms with Crippen LogP contribution in [0.25, 0.3) is 5.69 Å². The van der Waals surface area contributed by atoms with Crippen LogP contribution >= 0.6 is 56.5 Å². The second kappa shape index (κ2) is 4.27. The first-order valence-electron chi connectivity index (χ1n) is 3.65. The van der Waals surface area contributed by atoms with E-state index in [4.69, 9.17) is 0 Å². The Hall–Kier alpha value is 0.0400. The van der Waals surface area contributed by atoms with E-state index in [1.54, 1.807) is 6.33 Å². The summed E-state index contributed by atoms with van der Waals surface area (Å²) < 4.78 is 4.01. The van der Waals surface area contributed by atoms with Gasteiger partial charge in [0.25, 0.3) is 0 Å². The summed E-state index contributed by atoms with van der Waals surface area (Å²) in [5.41, 5.74) is 0.997. The van der Waals surface area contributed by atoms with Gasteiger partial charge in [0.2, 0.25) is 0 Å². The molecule has 0 aromatic carbocycles. The Kier molecular flexibility index (Phi) is 3.22. The first-order valence-corrected chi connectivity index (χ1v) is 6.68. The van der Waals surface area contributed by atoms with Gasteiger partial charge in [-0.25, -0.2) is 4.98 Å². The maximum Gasteiger partial charge on any atom is 0.160 e. The van der Waals surface area contributed by atoms with Gasteiger partial charge in [-0.15, -0.1) is 11.3 Å². The Morgan fingerprint density at radius 1 is 1.50 bits per heavy atom. The number of nitrogens with zero attached hydrogens (tertiary/aromatic N) is 2. The van der Waals surface area contributed by atoms with Crippen LogP contribution in [0, 0.1) is 7.40 Å². The first kappa shape index (κ1) is 10.6. The molecule has 3 nitrogen and oxygen atoms in total. The van der Waals surface area contributed by atoms with E-state index in [1.165, 1.54) is 11.3 Å². The average Bonchev–Trinajstić information content (AvgIpc) is 2.75. The van der Waals surface area contributed by atoms with Crippen molar-refractivity contribution in [1.82, 2.24) is 9.55 Å². The van der Waals surface area contributed by atoms with Crippen molar-refractivity contribution in [3.8, 4) is 5.69 Å². The van der Waals surface area contributed by atoms with Crippen molar-refractivity contribution in [3.63, 3.8) is 0 Å². The molecule has 0 aliphatic rings. The molecule has 0 bridgehead atoms. The van der Waals surface area contributed by atoms with Crippen LogP contribution in [0.15, 0.2) is 17.8 Å². The van der Waals surface area contributed by atoms with Gasteiger partial charge < -0.3 is 0 Å². The molecule has 6 heteroatoms. The summed E-state index contributed by atoms with van der Waals surface area (Å²) in [5.74, 6) is 0. The molecule has 0 saturated heterocycles. The minimum atomic E-state index is 0.736. The standard InChI is InChI=1S/C8H4I2N2OS/c9-7-8(10)12(4-11-7)5-1-6(2-13)14-3-5/h1-4H. The number of thiophene rings is 1. The quantitative estimate of drug-likeness (QED) is 0.543. The smallest absolute Gasteiger partial charge is 0.160 e. The Morgan fingerprint density at radius 2 is 2.29 bits per heavy atom. The number of halogens is 2. The maximum absolute atomic E-state index is 10.5. The maximum atomic E-state index is 10.5. The summed E-state index contributed by atoms with van der Waals surface area (Å²) >= 11 is 5.86. The SMILES string of the molecule is O=Cc1cc(-n2cnc(I)c2I)cs1. The van der Waals surface area contributed by atoms with Gasteiger partial charge in [-0.3, -0.25) is 9.36 Å². The van der Waals surface area contributed by atoms with E-state index < -0.39 is 0 Å². The van der Waals surface area contributed by atoms with Gasteiger partial charge in [-0.05, 0) is 51.2 Å². The van der Waals surface area contributed by atoms with Crippen molar-refractivity contribution < 1.29 is 4.79 Å². The number of hydrogen-bond acceptors (Lipinski definition) is 3. The molecule has 2 aromatic heterocycles. The molecule has 0 unspecified atom stereocenters. The van der Waals surface area contributed by atoms with E-state index in [9.17, 15) is 4.79 Å². The highest BCUT2D eigenvalue weighted by atomic mass is 127. The van der Waals surface area contributed by atoms with Crippen LogP contribution in [0.3, 0.4) is 0 Å². The van der Waals surface area contributed by atoms with E-state index in [0.29, 0.717) is 0 Å². The Balaban J connectivity index is 2.49. The first-order chi connectivity index (χ1) is 6.72. The van der Waals surface area contributed by atoms with E-state index in [-0.39, 0.29) is 0 Å². The second-order valence-electron chi connectivity index (χ2n) is 2.52. The number of carbonyl (C=O) groups is 1. The van der Waals surface area contributed by atoms with Crippen LogP contribution in [0.4, 0.5) is 0 Å². The fourth-order valence-corrected chi connectivity index (χ4v) is 2.63. The molecule has 0 radical (unpaired) electrons. The predicted molar refractivity (Wildman–Crippen MR) is 72.3 cm³/mol. The fourth-order valence-electron chi connectivity index (χ4n) is 1.02. The molecule has 2 aromatic rings. The van der Waals surface area contributed by atoms with E-state index in [2.05, 4.69) is 50.2 Å². The van der Waals surface area contributed by atoms with Crippen molar-refractivity contribution in [2.45, 2.75) is 0 Å². The largest absolute Gasteiger partial charge is 0.297 e. The highest BCUT2D eigenvalue weighted by molar-refractivity contribution is 14.1. The van der Waals surface area contributed by atoms with Gasteiger partial charge >= 0.3 is 0 Å². The molecule has 0 atom stereocenters. The zero-order valence-corrected chi connectivity index (χ0v) is 11.9. The third-order valence-electron chi connectivity index (χ3n) is 1.67. The number of rotatable bonds is 2. The van der Waals surface area contributed by atoms with Gasteiger partial charge in [0, 0.05) is 5.38 Å². The third kappa shape index (κ3) is 1.87. The molecule has 2 heterocycles. The number of hydrogen-bond donors (Lipinski definition) is 0. The van der Waals surface area contributed by atoms with Crippen LogP contribution in [-0.2, 0) is 0 Å². The molecule has 0 fully saturated rings. The highest BCUT2D eigenvalue weighted by Gasteiger charge is 2.08. The molecular formula is C8H4I2N2OS. The number of imidazole rings is 1. The number of aldehydes is 1. The summed E-state index contributed by atoms with van der Waals surface area (Å²) in [6.07, 6.45) is 2.63. The summed E-state index contributed by atoms with van der Waals surface area (Å²) in [6.45, 7) is 0. The van der Waals surface area contributed by atoms with Crippen molar-refractivity contribution in [2.24, 2.45) is 0 Å². The molecular weight excluding hydrogens is 426 g/mol. The minimum absolute atomic E-state index is 0.736. The number of aromatic nitrogens is 2. The summed E-state index contributed by atoms with van der Waals surface area (Å²) in [5, 5.41) is 1.95. The summed E-state index contributed by atoms with van der Waals surface area (Å²) in [7, 11) is 0. The Labute approximate surface area is 112 Å². The van der Waals surface area contributed by atoms with Crippen LogP contribution in [0.5, 0.6) is 0 Å². The van der Waals surface area contributed by atoms with Crippen molar-refractivity contribution in [3.05, 3.63) is 30.1 Å². The lowest BCUT2D eigenvalue weighted by Gasteiger charge is -1.98. The summed E-state index contributed by atoms with van der Waals surface area (Å²) in [6, 6.07) is 1.86. The molecule has 2 rings (SSSR count). The molecule has 0 aliphatic heterocycles. The number of carbonyl (C=O) groups excluding carboxylic acids is 1. The zero-order chi connectivity index (χ0) is 10.1. The van der Waals surface area contributed by atoms with Crippen molar-refractivity contribution in [1.29, 1.82) is 0 Å². The van der Waals surface area contributed by atoms with E-state index >= 15 is 0 Å². The molecule has 0 saturated carbocycles. The van der Waals surface area contributed by atoms with Gasteiger partial charge in [0.15, 0.2) is 6.29 Å². The zero-order valence-electron chi connectivity index (χ0n) is 6.78.